The van der Waals surface area contributed by atoms with Gasteiger partial charge in [0.25, 0.3) is 0 Å². The summed E-state index contributed by atoms with van der Waals surface area (Å²) >= 11 is 2.58. The molecule has 2 heterocycles. The Labute approximate surface area is 517 Å². The Balaban J connectivity index is 0.000000258. The molecule has 0 bridgehead atoms. The zero-order chi connectivity index (χ0) is 63.6. The van der Waals surface area contributed by atoms with E-state index >= 15 is 0 Å². The molecule has 87 heavy (non-hydrogen) atoms. The summed E-state index contributed by atoms with van der Waals surface area (Å²) in [6, 6.07) is 42.8. The van der Waals surface area contributed by atoms with Gasteiger partial charge in [-0.2, -0.15) is 8.61 Å². The van der Waals surface area contributed by atoms with Gasteiger partial charge in [-0.1, -0.05) is 137 Å². The maximum atomic E-state index is 13.6. The first kappa shape index (κ1) is 69.9. The van der Waals surface area contributed by atoms with Gasteiger partial charge in [0, 0.05) is 43.3 Å². The van der Waals surface area contributed by atoms with Crippen LogP contribution in [0, 0.1) is 23.5 Å². The van der Waals surface area contributed by atoms with Crippen molar-refractivity contribution < 1.29 is 67.6 Å². The third-order valence-corrected chi connectivity index (χ3v) is 20.9. The lowest BCUT2D eigenvalue weighted by molar-refractivity contribution is -0.147. The zero-order valence-corrected chi connectivity index (χ0v) is 52.7. The maximum Gasteiger partial charge on any atom is 0.323 e. The molecule has 2 aliphatic heterocycles. The van der Waals surface area contributed by atoms with E-state index in [-0.39, 0.29) is 72.3 Å². The summed E-state index contributed by atoms with van der Waals surface area (Å²) in [5.41, 5.74) is 16.9. The fourth-order valence-electron chi connectivity index (χ4n) is 9.35. The van der Waals surface area contributed by atoms with Gasteiger partial charge < -0.3 is 20.9 Å². The number of benzene rings is 6. The van der Waals surface area contributed by atoms with Crippen molar-refractivity contribution in [3.05, 3.63) is 180 Å². The number of hydrogen-bond acceptors (Lipinski definition) is 15. The van der Waals surface area contributed by atoms with E-state index in [1.54, 1.807) is 72.8 Å². The number of nitrogens with two attached hydrogens (primary N) is 2. The average molecular weight is 1290 g/mol. The lowest BCUT2D eigenvalue weighted by Gasteiger charge is -2.25. The van der Waals surface area contributed by atoms with Crippen LogP contribution in [0.2, 0.25) is 0 Å². The fraction of sp³-hybridized carbons (Fsp3) is 0.349. The zero-order valence-electron chi connectivity index (χ0n) is 48.6. The summed E-state index contributed by atoms with van der Waals surface area (Å²) in [5.74, 6) is 0.0532. The van der Waals surface area contributed by atoms with E-state index in [4.69, 9.17) is 30.0 Å². The number of thioether (sulfide) groups is 2. The minimum atomic E-state index is -3.92. The molecule has 8 rings (SSSR count). The first-order valence-corrected chi connectivity index (χ1v) is 34.6. The number of hydrogen-bond donors (Lipinski definition) is 4. The first-order valence-electron chi connectivity index (χ1n) is 28.0. The van der Waals surface area contributed by atoms with Crippen LogP contribution in [0.25, 0.3) is 22.3 Å². The molecule has 2 aliphatic rings. The molecule has 2 unspecified atom stereocenters. The van der Waals surface area contributed by atoms with Crippen LogP contribution in [0.1, 0.15) is 76.3 Å². The number of sulfonamides is 2. The van der Waals surface area contributed by atoms with E-state index in [0.29, 0.717) is 35.5 Å². The quantitative estimate of drug-likeness (QED) is 0.0324. The van der Waals surface area contributed by atoms with Crippen LogP contribution in [-0.2, 0) is 58.8 Å². The van der Waals surface area contributed by atoms with Gasteiger partial charge in [-0.3, -0.25) is 28.3 Å². The number of carbonyl (C=O) groups is 4. The number of nitrogens with zero attached hydrogens (tertiary/aromatic N) is 2. The molecule has 0 radical (unpaired) electrons. The lowest BCUT2D eigenvalue weighted by Crippen LogP contribution is -2.40. The van der Waals surface area contributed by atoms with Gasteiger partial charge in [-0.25, -0.2) is 29.8 Å². The maximum absolute atomic E-state index is 13.6. The number of ketones is 2. The van der Waals surface area contributed by atoms with E-state index in [2.05, 4.69) is 5.87 Å². The molecule has 0 spiro atoms. The van der Waals surface area contributed by atoms with Crippen molar-refractivity contribution >= 4 is 83.0 Å². The van der Waals surface area contributed by atoms with Crippen LogP contribution in [0.4, 0.5) is 8.78 Å². The molecule has 6 aromatic carbocycles. The molecular formula is C63H74F2N4O13S5. The summed E-state index contributed by atoms with van der Waals surface area (Å²) in [5, 5.41) is -1.76. The van der Waals surface area contributed by atoms with Crippen LogP contribution in [0.3, 0.4) is 0 Å². The summed E-state index contributed by atoms with van der Waals surface area (Å²) in [4.78, 5) is 51.9. The van der Waals surface area contributed by atoms with Gasteiger partial charge in [0.15, 0.2) is 21.6 Å². The Morgan fingerprint density at radius 1 is 0.529 bits per heavy atom. The monoisotopic (exact) mass is 1290 g/mol. The van der Waals surface area contributed by atoms with Crippen molar-refractivity contribution in [1.29, 1.82) is 0 Å². The van der Waals surface area contributed by atoms with Gasteiger partial charge in [0.2, 0.25) is 20.0 Å². The molecular weight excluding hydrogens is 1220 g/mol. The van der Waals surface area contributed by atoms with Crippen LogP contribution >= 0.6 is 23.5 Å². The molecule has 0 aromatic heterocycles. The van der Waals surface area contributed by atoms with Crippen LogP contribution in [-0.4, -0.2) is 129 Å². The Morgan fingerprint density at radius 2 is 0.828 bits per heavy atom. The van der Waals surface area contributed by atoms with E-state index in [1.807, 2.05) is 88.4 Å². The van der Waals surface area contributed by atoms with E-state index in [1.165, 1.54) is 56.4 Å². The van der Waals surface area contributed by atoms with E-state index in [0.717, 1.165) is 22.3 Å². The summed E-state index contributed by atoms with van der Waals surface area (Å²) < 4.78 is 119. The normalized spacial score (nSPS) is 17.0. The van der Waals surface area contributed by atoms with Gasteiger partial charge in [-0.15, -0.1) is 23.5 Å². The number of rotatable bonds is 24. The van der Waals surface area contributed by atoms with Crippen molar-refractivity contribution in [2.24, 2.45) is 23.3 Å². The molecule has 6 atom stereocenters. The third kappa shape index (κ3) is 20.4. The summed E-state index contributed by atoms with van der Waals surface area (Å²) in [6.45, 7) is 7.78. The predicted molar refractivity (Wildman–Crippen MR) is 339 cm³/mol. The summed E-state index contributed by atoms with van der Waals surface area (Å²) in [7, 11) is -11.5. The molecule has 24 heteroatoms. The van der Waals surface area contributed by atoms with Crippen molar-refractivity contribution in [1.82, 2.24) is 8.61 Å². The van der Waals surface area contributed by atoms with Crippen LogP contribution in [0.15, 0.2) is 168 Å². The minimum Gasteiger partial charge on any atom is -0.465 e. The molecule has 6 N–H and O–H groups in total. The SMILES string of the molecule is C=S(=O)(O)O.CC(C)[C@H](N)C(=O)OCCC(CC(=O)[C@@H]1SCCN1S(=O)(=O)c1ccc(-c2ccccc2)cc1)c1ccc(F)cc1.CC(C)[C@H](N)C(=O)OCCC(CC(=O)[C@@H]1SCCN1S(=O)(=O)c1ccc(-c2ccccc2)cc1)c1ccc(F)cc1. The van der Waals surface area contributed by atoms with Gasteiger partial charge in [0.1, 0.15) is 34.5 Å². The average Bonchev–Trinajstić information content (AvgIpc) is 2.06. The number of carbonyl (C=O) groups excluding carboxylic acids is 4. The van der Waals surface area contributed by atoms with Gasteiger partial charge >= 0.3 is 11.9 Å². The second kappa shape index (κ2) is 32.4. The van der Waals surface area contributed by atoms with Crippen molar-refractivity contribution in [2.45, 2.75) is 97.8 Å². The highest BCUT2D eigenvalue weighted by atomic mass is 32.2. The molecule has 2 saturated heterocycles. The van der Waals surface area contributed by atoms with Crippen LogP contribution in [0.5, 0.6) is 0 Å². The Bertz CT molecular complexity index is 3340. The number of halogens is 2. The molecule has 2 fully saturated rings. The second-order valence-electron chi connectivity index (χ2n) is 21.4. The largest absolute Gasteiger partial charge is 0.465 e. The molecule has 6 aromatic rings. The van der Waals surface area contributed by atoms with Crippen molar-refractivity contribution in [3.8, 4) is 22.3 Å². The number of esters is 2. The lowest BCUT2D eigenvalue weighted by atomic mass is 9.91. The van der Waals surface area contributed by atoms with Crippen LogP contribution < -0.4 is 11.5 Å². The van der Waals surface area contributed by atoms with Gasteiger partial charge in [0.05, 0.1) is 23.0 Å². The van der Waals surface area contributed by atoms with Gasteiger partial charge in [-0.05, 0) is 118 Å². The van der Waals surface area contributed by atoms with E-state index in [9.17, 15) is 49.0 Å². The van der Waals surface area contributed by atoms with Crippen molar-refractivity contribution in [2.75, 3.05) is 37.8 Å². The standard InChI is InChI=1S/2C31H35FN2O5S2.CH4O3S/c2*1-21(2)29(33)31(36)39-18-16-25(24-8-12-26(32)13-9-24)20-28(35)30-34(17-19-40-30)41(37,38)27-14-10-23(11-15-27)22-6-4-3-5-7-22;1-5(2,3)4/h2*3-15,21,25,29-30H,16-20,33H2,1-2H3;1H2,(H2,2,3,4)/t2*25?,29-,30-;/m00./s1. The highest BCUT2D eigenvalue weighted by Crippen LogP contribution is 2.37. The third-order valence-electron chi connectivity index (χ3n) is 14.4. The minimum absolute atomic E-state index is 0.00997. The Morgan fingerprint density at radius 3 is 1.13 bits per heavy atom. The first-order chi connectivity index (χ1) is 41.1. The molecule has 0 saturated carbocycles. The number of Topliss-reactive ketones (excluding diaryl/α,β-unsaturated/α-hetero) is 2. The Kier molecular flexibility index (Phi) is 26.0. The smallest absolute Gasteiger partial charge is 0.323 e. The molecule has 17 nitrogen and oxygen atoms in total. The molecule has 0 aliphatic carbocycles. The Hall–Kier alpha value is -6.16. The molecule has 468 valence electrons. The highest BCUT2D eigenvalue weighted by molar-refractivity contribution is 8.02. The second-order valence-corrected chi connectivity index (χ2v) is 28.7. The number of ether oxygens (including phenoxy) is 2. The summed E-state index contributed by atoms with van der Waals surface area (Å²) in [6.07, 6.45) is 0.629. The molecule has 0 amide bonds. The topological polar surface area (TPSA) is 271 Å². The highest BCUT2D eigenvalue weighted by Gasteiger charge is 2.42. The van der Waals surface area contributed by atoms with Crippen molar-refractivity contribution in [3.63, 3.8) is 0 Å². The predicted octanol–water partition coefficient (Wildman–Crippen LogP) is 10.1. The fourth-order valence-corrected chi connectivity index (χ4v) is 15.7. The van der Waals surface area contributed by atoms with E-state index < -0.39 is 88.4 Å².